The molecule has 0 aliphatic carbocycles. The first-order chi connectivity index (χ1) is 18.3. The minimum absolute atomic E-state index is 0.00625. The zero-order valence-electron chi connectivity index (χ0n) is 20.2. The van der Waals surface area contributed by atoms with Crippen LogP contribution in [0.1, 0.15) is 33.3 Å². The number of fused-ring (bicyclic) bond motifs is 1. The molecule has 11 heteroatoms. The van der Waals surface area contributed by atoms with Crippen LogP contribution in [0.25, 0.3) is 5.52 Å². The van der Waals surface area contributed by atoms with Gasteiger partial charge in [0.25, 0.3) is 0 Å². The number of benzene rings is 2. The van der Waals surface area contributed by atoms with Crippen molar-refractivity contribution in [3.63, 3.8) is 0 Å². The van der Waals surface area contributed by atoms with Gasteiger partial charge in [0.2, 0.25) is 5.60 Å². The highest BCUT2D eigenvalue weighted by atomic mass is 19.1. The van der Waals surface area contributed by atoms with Crippen LogP contribution < -0.4 is 5.73 Å². The zero-order valence-corrected chi connectivity index (χ0v) is 20.2. The SMILES string of the molecule is C[C@@]1(F)[C@H](OC(=O)c2ccccc2)[C@@H](COC(=O)c2ccccc2)OC1(C#N)c1ccc2c(N)ncnn12. The number of ether oxygens (including phenoxy) is 3. The maximum Gasteiger partial charge on any atom is 0.338 e. The molecule has 0 bridgehead atoms. The summed E-state index contributed by atoms with van der Waals surface area (Å²) in [6, 6.07) is 21.1. The zero-order chi connectivity index (χ0) is 26.9. The summed E-state index contributed by atoms with van der Waals surface area (Å²) in [5.41, 5.74) is 1.76. The molecule has 0 spiro atoms. The van der Waals surface area contributed by atoms with Gasteiger partial charge in [0, 0.05) is 0 Å². The molecule has 2 aromatic carbocycles. The second kappa shape index (κ2) is 9.57. The van der Waals surface area contributed by atoms with Crippen molar-refractivity contribution >= 4 is 23.3 Å². The number of nitriles is 1. The Kier molecular flexibility index (Phi) is 6.26. The Bertz CT molecular complexity index is 1540. The van der Waals surface area contributed by atoms with Crippen LogP contribution in [-0.4, -0.2) is 51.0 Å². The summed E-state index contributed by atoms with van der Waals surface area (Å²) in [7, 11) is 0. The van der Waals surface area contributed by atoms with E-state index in [0.717, 1.165) is 13.3 Å². The maximum absolute atomic E-state index is 16.9. The van der Waals surface area contributed by atoms with Gasteiger partial charge in [-0.25, -0.2) is 23.5 Å². The van der Waals surface area contributed by atoms with Gasteiger partial charge in [-0.1, -0.05) is 36.4 Å². The highest BCUT2D eigenvalue weighted by Crippen LogP contribution is 2.51. The molecule has 0 radical (unpaired) electrons. The van der Waals surface area contributed by atoms with Crippen LogP contribution in [0.15, 0.2) is 79.1 Å². The molecule has 192 valence electrons. The molecule has 5 rings (SSSR count). The monoisotopic (exact) mass is 515 g/mol. The normalized spacial score (nSPS) is 24.6. The summed E-state index contributed by atoms with van der Waals surface area (Å²) in [5, 5.41) is 14.5. The standard InChI is InChI=1S/C27H22FN5O5/c1-26(28)22(37-25(35)18-10-6-3-7-11-18)20(14-36-24(34)17-8-4-2-5-9-17)38-27(26,15-29)21-13-12-19-23(30)31-16-32-33(19)21/h2-13,16,20,22H,14H2,1H3,(H2,30,31,32)/t20-,22-,26-,27?/m1/s1. The topological polar surface area (TPSA) is 142 Å². The van der Waals surface area contributed by atoms with Crippen molar-refractivity contribution in [2.75, 3.05) is 12.3 Å². The lowest BCUT2D eigenvalue weighted by atomic mass is 9.81. The van der Waals surface area contributed by atoms with Gasteiger partial charge in [0.15, 0.2) is 17.6 Å². The van der Waals surface area contributed by atoms with Crippen molar-refractivity contribution in [2.45, 2.75) is 30.4 Å². The predicted molar refractivity (Wildman–Crippen MR) is 131 cm³/mol. The van der Waals surface area contributed by atoms with Crippen LogP contribution in [0.3, 0.4) is 0 Å². The van der Waals surface area contributed by atoms with E-state index in [2.05, 4.69) is 10.1 Å². The van der Waals surface area contributed by atoms with E-state index in [1.165, 1.54) is 28.8 Å². The predicted octanol–water partition coefficient (Wildman–Crippen LogP) is 3.24. The quantitative estimate of drug-likeness (QED) is 0.383. The first-order valence-electron chi connectivity index (χ1n) is 11.6. The van der Waals surface area contributed by atoms with Crippen LogP contribution in [0.5, 0.6) is 0 Å². The third-order valence-electron chi connectivity index (χ3n) is 6.52. The van der Waals surface area contributed by atoms with Crippen molar-refractivity contribution < 1.29 is 28.2 Å². The number of halogens is 1. The highest BCUT2D eigenvalue weighted by molar-refractivity contribution is 5.90. The average molecular weight is 516 g/mol. The van der Waals surface area contributed by atoms with E-state index in [1.54, 1.807) is 48.5 Å². The van der Waals surface area contributed by atoms with Crippen LogP contribution in [-0.2, 0) is 19.8 Å². The summed E-state index contributed by atoms with van der Waals surface area (Å²) >= 11 is 0. The smallest absolute Gasteiger partial charge is 0.338 e. The van der Waals surface area contributed by atoms with Gasteiger partial charge in [-0.15, -0.1) is 0 Å². The summed E-state index contributed by atoms with van der Waals surface area (Å²) in [6.07, 6.45) is -1.81. The van der Waals surface area contributed by atoms with Gasteiger partial charge >= 0.3 is 11.9 Å². The largest absolute Gasteiger partial charge is 0.459 e. The van der Waals surface area contributed by atoms with Gasteiger partial charge in [-0.3, -0.25) is 0 Å². The lowest BCUT2D eigenvalue weighted by Crippen LogP contribution is -2.50. The maximum atomic E-state index is 16.9. The van der Waals surface area contributed by atoms with Gasteiger partial charge in [0.05, 0.1) is 16.8 Å². The van der Waals surface area contributed by atoms with Crippen molar-refractivity contribution in [3.8, 4) is 6.07 Å². The average Bonchev–Trinajstić information content (AvgIpc) is 3.46. The van der Waals surface area contributed by atoms with Crippen LogP contribution in [0, 0.1) is 11.3 Å². The van der Waals surface area contributed by atoms with Crippen LogP contribution in [0.4, 0.5) is 10.2 Å². The first kappa shape index (κ1) is 24.9. The molecule has 1 saturated heterocycles. The number of esters is 2. The molecule has 2 N–H and O–H groups in total. The number of carbonyl (C=O) groups excluding carboxylic acids is 2. The summed E-state index contributed by atoms with van der Waals surface area (Å²) < 4.78 is 35.2. The number of nitrogens with zero attached hydrogens (tertiary/aromatic N) is 4. The molecule has 0 amide bonds. The minimum atomic E-state index is -2.62. The van der Waals surface area contributed by atoms with E-state index in [4.69, 9.17) is 19.9 Å². The second-order valence-electron chi connectivity index (χ2n) is 8.84. The molecule has 1 aliphatic heterocycles. The van der Waals surface area contributed by atoms with Gasteiger partial charge < -0.3 is 19.9 Å². The molecule has 0 saturated carbocycles. The number of rotatable bonds is 6. The van der Waals surface area contributed by atoms with E-state index in [0.29, 0.717) is 5.52 Å². The number of aromatic nitrogens is 3. The Morgan fingerprint density at radius 2 is 1.71 bits per heavy atom. The lowest BCUT2D eigenvalue weighted by molar-refractivity contribution is -0.0746. The Hall–Kier alpha value is -4.82. The minimum Gasteiger partial charge on any atom is -0.459 e. The molecule has 4 atom stereocenters. The molecular formula is C27H22FN5O5. The fraction of sp³-hybridized carbons (Fsp3) is 0.222. The Labute approximate surface area is 216 Å². The van der Waals surface area contributed by atoms with Crippen molar-refractivity contribution in [3.05, 3.63) is 95.9 Å². The highest BCUT2D eigenvalue weighted by Gasteiger charge is 2.69. The molecule has 1 aliphatic rings. The summed E-state index contributed by atoms with van der Waals surface area (Å²) in [5.74, 6) is -1.41. The van der Waals surface area contributed by atoms with Crippen molar-refractivity contribution in [2.24, 2.45) is 0 Å². The number of hydrogen-bond acceptors (Lipinski definition) is 9. The molecule has 1 fully saturated rings. The molecule has 3 heterocycles. The van der Waals surface area contributed by atoms with Gasteiger partial charge in [0.1, 0.15) is 30.6 Å². The lowest BCUT2D eigenvalue weighted by Gasteiger charge is -2.32. The summed E-state index contributed by atoms with van der Waals surface area (Å²) in [4.78, 5) is 29.5. The number of carbonyl (C=O) groups is 2. The molecule has 10 nitrogen and oxygen atoms in total. The first-order valence-corrected chi connectivity index (χ1v) is 11.6. The molecular weight excluding hydrogens is 493 g/mol. The van der Waals surface area contributed by atoms with Gasteiger partial charge in [-0.2, -0.15) is 10.4 Å². The third kappa shape index (κ3) is 4.01. The fourth-order valence-corrected chi connectivity index (χ4v) is 4.56. The third-order valence-corrected chi connectivity index (χ3v) is 6.52. The van der Waals surface area contributed by atoms with Crippen molar-refractivity contribution in [1.29, 1.82) is 5.26 Å². The van der Waals surface area contributed by atoms with E-state index >= 15 is 4.39 Å². The van der Waals surface area contributed by atoms with E-state index < -0.39 is 42.0 Å². The van der Waals surface area contributed by atoms with Crippen LogP contribution >= 0.6 is 0 Å². The Balaban J connectivity index is 1.53. The number of alkyl halides is 1. The second-order valence-corrected chi connectivity index (χ2v) is 8.84. The van der Waals surface area contributed by atoms with E-state index in [9.17, 15) is 14.9 Å². The molecule has 4 aromatic rings. The fourth-order valence-electron chi connectivity index (χ4n) is 4.56. The Morgan fingerprint density at radius 1 is 1.08 bits per heavy atom. The molecule has 38 heavy (non-hydrogen) atoms. The van der Waals surface area contributed by atoms with Crippen LogP contribution in [0.2, 0.25) is 0 Å². The number of anilines is 1. The molecule has 1 unspecified atom stereocenters. The van der Waals surface area contributed by atoms with E-state index in [-0.39, 0.29) is 22.6 Å². The number of nitrogen functional groups attached to an aromatic ring is 1. The van der Waals surface area contributed by atoms with E-state index in [1.807, 2.05) is 6.07 Å². The number of nitrogens with two attached hydrogens (primary N) is 1. The molecule has 2 aromatic heterocycles. The summed E-state index contributed by atoms with van der Waals surface area (Å²) in [6.45, 7) is 0.603. The van der Waals surface area contributed by atoms with Crippen molar-refractivity contribution in [1.82, 2.24) is 14.6 Å². The Morgan fingerprint density at radius 3 is 2.34 bits per heavy atom. The number of hydrogen-bond donors (Lipinski definition) is 1. The van der Waals surface area contributed by atoms with Gasteiger partial charge in [-0.05, 0) is 43.3 Å².